The topological polar surface area (TPSA) is 92.6 Å². The summed E-state index contributed by atoms with van der Waals surface area (Å²) >= 11 is 6.57. The SMILES string of the molecule is C/C(Nc1ccccc1P(C)(C)=O)=C(Cl)\C=N/C(C)Nc1ccc(-c2cnn(C3CCNCC3)c2)c2c1OCC2. The van der Waals surface area contributed by atoms with Gasteiger partial charge in [-0.25, -0.2) is 0 Å². The van der Waals surface area contributed by atoms with E-state index in [0.29, 0.717) is 17.7 Å². The number of ether oxygens (including phenoxy) is 1. The predicted molar refractivity (Wildman–Crippen MR) is 167 cm³/mol. The van der Waals surface area contributed by atoms with E-state index in [4.69, 9.17) is 16.3 Å². The molecule has 40 heavy (non-hydrogen) atoms. The van der Waals surface area contributed by atoms with Crippen molar-refractivity contribution in [1.29, 1.82) is 0 Å². The molecule has 5 rings (SSSR count). The van der Waals surface area contributed by atoms with Gasteiger partial charge in [-0.2, -0.15) is 5.10 Å². The van der Waals surface area contributed by atoms with Crippen molar-refractivity contribution in [2.45, 2.75) is 45.3 Å². The Morgan fingerprint density at radius 3 is 2.77 bits per heavy atom. The molecule has 2 aliphatic rings. The number of para-hydroxylation sites is 1. The highest BCUT2D eigenvalue weighted by Gasteiger charge is 2.23. The van der Waals surface area contributed by atoms with E-state index in [2.05, 4.69) is 49.1 Å². The molecule has 1 aromatic heterocycles. The van der Waals surface area contributed by atoms with Crippen LogP contribution in [-0.2, 0) is 11.0 Å². The van der Waals surface area contributed by atoms with Crippen molar-refractivity contribution in [2.24, 2.45) is 4.99 Å². The average molecular weight is 581 g/mol. The van der Waals surface area contributed by atoms with E-state index in [9.17, 15) is 4.57 Å². The van der Waals surface area contributed by atoms with Gasteiger partial charge in [0.25, 0.3) is 0 Å². The molecule has 3 N–H and O–H groups in total. The smallest absolute Gasteiger partial charge is 0.146 e. The molecule has 1 saturated heterocycles. The van der Waals surface area contributed by atoms with Crippen LogP contribution in [0, 0.1) is 0 Å². The number of aromatic nitrogens is 2. The number of fused-ring (bicyclic) bond motifs is 1. The summed E-state index contributed by atoms with van der Waals surface area (Å²) < 4.78 is 20.9. The molecule has 2 aliphatic heterocycles. The molecule has 0 spiro atoms. The zero-order chi connectivity index (χ0) is 28.3. The van der Waals surface area contributed by atoms with Gasteiger partial charge in [0.2, 0.25) is 0 Å². The Kier molecular flexibility index (Phi) is 8.69. The maximum absolute atomic E-state index is 12.7. The molecule has 2 aromatic carbocycles. The lowest BCUT2D eigenvalue weighted by Crippen LogP contribution is -2.29. The third kappa shape index (κ3) is 6.46. The van der Waals surface area contributed by atoms with Crippen molar-refractivity contribution in [3.63, 3.8) is 0 Å². The third-order valence-electron chi connectivity index (χ3n) is 7.39. The first-order valence-corrected chi connectivity index (χ1v) is 16.8. The second-order valence-corrected chi connectivity index (χ2v) is 14.4. The largest absolute Gasteiger partial charge is 0.491 e. The molecule has 1 fully saturated rings. The molecule has 212 valence electrons. The van der Waals surface area contributed by atoms with Gasteiger partial charge in [-0.3, -0.25) is 9.67 Å². The summed E-state index contributed by atoms with van der Waals surface area (Å²) in [5, 5.41) is 16.1. The van der Waals surface area contributed by atoms with Crippen molar-refractivity contribution < 1.29 is 9.30 Å². The first-order chi connectivity index (χ1) is 19.2. The van der Waals surface area contributed by atoms with Gasteiger partial charge in [0.15, 0.2) is 0 Å². The van der Waals surface area contributed by atoms with E-state index < -0.39 is 7.14 Å². The zero-order valence-electron chi connectivity index (χ0n) is 23.6. The molecule has 0 bridgehead atoms. The molecular formula is C30H38ClN6O2P. The Morgan fingerprint density at radius 1 is 1.23 bits per heavy atom. The normalized spacial score (nSPS) is 17.3. The van der Waals surface area contributed by atoms with Gasteiger partial charge in [-0.15, -0.1) is 0 Å². The maximum atomic E-state index is 12.7. The summed E-state index contributed by atoms with van der Waals surface area (Å²) in [6, 6.07) is 12.3. The van der Waals surface area contributed by atoms with Gasteiger partial charge >= 0.3 is 0 Å². The first kappa shape index (κ1) is 28.5. The minimum atomic E-state index is -2.44. The fourth-order valence-electron chi connectivity index (χ4n) is 5.28. The minimum Gasteiger partial charge on any atom is -0.491 e. The third-order valence-corrected chi connectivity index (χ3v) is 9.33. The summed E-state index contributed by atoms with van der Waals surface area (Å²) in [5.74, 6) is 0.883. The van der Waals surface area contributed by atoms with Gasteiger partial charge in [0, 0.05) is 46.6 Å². The number of piperidine rings is 1. The second-order valence-electron chi connectivity index (χ2n) is 10.8. The maximum Gasteiger partial charge on any atom is 0.146 e. The summed E-state index contributed by atoms with van der Waals surface area (Å²) in [4.78, 5) is 4.62. The molecule has 10 heteroatoms. The highest BCUT2D eigenvalue weighted by atomic mass is 35.5. The number of benzene rings is 2. The molecule has 3 heterocycles. The summed E-state index contributed by atoms with van der Waals surface area (Å²) in [6.45, 7) is 10.1. The Balaban J connectivity index is 1.28. The van der Waals surface area contributed by atoms with Gasteiger partial charge < -0.3 is 25.3 Å². The lowest BCUT2D eigenvalue weighted by Gasteiger charge is -2.22. The standard InChI is InChI=1S/C30H38ClN6O2P/c1-20(35-27-7-5-6-8-29(27)40(3,4)38)26(31)18-33-21(2)36-28-10-9-24(25-13-16-39-30(25)28)22-17-34-37(19-22)23-11-14-32-15-12-23/h5-10,17-19,21,23,32,35-36H,11-16H2,1-4H3/b26-20-,33-18-. The number of hydrogen-bond acceptors (Lipinski definition) is 7. The number of nitrogens with one attached hydrogen (secondary N) is 3. The molecule has 0 amide bonds. The van der Waals surface area contributed by atoms with Crippen LogP contribution in [0.25, 0.3) is 11.1 Å². The van der Waals surface area contributed by atoms with E-state index in [1.165, 1.54) is 11.1 Å². The highest BCUT2D eigenvalue weighted by molar-refractivity contribution is 7.70. The number of allylic oxidation sites excluding steroid dienone is 2. The van der Waals surface area contributed by atoms with Crippen LogP contribution in [0.15, 0.2) is 64.5 Å². The Labute approximate surface area is 241 Å². The van der Waals surface area contributed by atoms with Gasteiger partial charge in [-0.05, 0) is 76.9 Å². The van der Waals surface area contributed by atoms with Gasteiger partial charge in [0.1, 0.15) is 19.1 Å². The van der Waals surface area contributed by atoms with Gasteiger partial charge in [-0.1, -0.05) is 29.8 Å². The quantitative estimate of drug-likeness (QED) is 0.210. The van der Waals surface area contributed by atoms with Crippen molar-refractivity contribution in [1.82, 2.24) is 15.1 Å². The van der Waals surface area contributed by atoms with E-state index in [0.717, 1.165) is 66.0 Å². The molecule has 0 aliphatic carbocycles. The second kappa shape index (κ2) is 12.2. The van der Waals surface area contributed by atoms with E-state index in [1.807, 2.05) is 44.3 Å². The van der Waals surface area contributed by atoms with Crippen molar-refractivity contribution in [3.8, 4) is 16.9 Å². The average Bonchev–Trinajstić information content (AvgIpc) is 3.63. The molecular weight excluding hydrogens is 543 g/mol. The number of rotatable bonds is 9. The van der Waals surface area contributed by atoms with Gasteiger partial charge in [0.05, 0.1) is 29.6 Å². The highest BCUT2D eigenvalue weighted by Crippen LogP contribution is 2.41. The number of halogens is 1. The van der Waals surface area contributed by atoms with Crippen molar-refractivity contribution in [3.05, 3.63) is 65.1 Å². The molecule has 0 saturated carbocycles. The Hall–Kier alpha value is -3.06. The van der Waals surface area contributed by atoms with E-state index in [1.54, 1.807) is 19.5 Å². The van der Waals surface area contributed by atoms with Crippen molar-refractivity contribution >= 4 is 41.6 Å². The first-order valence-electron chi connectivity index (χ1n) is 13.8. The minimum absolute atomic E-state index is 0.234. The lowest BCUT2D eigenvalue weighted by molar-refractivity contribution is 0.343. The molecule has 0 radical (unpaired) electrons. The summed E-state index contributed by atoms with van der Waals surface area (Å²) in [5.41, 5.74) is 5.94. The number of aliphatic imine (C=N–C) groups is 1. The predicted octanol–water partition coefficient (Wildman–Crippen LogP) is 6.07. The number of anilines is 2. The van der Waals surface area contributed by atoms with Crippen LogP contribution in [-0.4, -0.2) is 55.2 Å². The van der Waals surface area contributed by atoms with E-state index in [-0.39, 0.29) is 6.17 Å². The van der Waals surface area contributed by atoms with Crippen LogP contribution in [0.3, 0.4) is 0 Å². The van der Waals surface area contributed by atoms with Crippen LogP contribution < -0.4 is 26.0 Å². The molecule has 8 nitrogen and oxygen atoms in total. The Bertz CT molecular complexity index is 1470. The van der Waals surface area contributed by atoms with Crippen LogP contribution in [0.2, 0.25) is 0 Å². The fraction of sp³-hybridized carbons (Fsp3) is 0.400. The number of hydrogen-bond donors (Lipinski definition) is 3. The summed E-state index contributed by atoms with van der Waals surface area (Å²) in [7, 11) is -2.44. The molecule has 1 unspecified atom stereocenters. The number of nitrogens with zero attached hydrogens (tertiary/aromatic N) is 3. The van der Waals surface area contributed by atoms with E-state index >= 15 is 0 Å². The van der Waals surface area contributed by atoms with Crippen LogP contribution in [0.1, 0.15) is 38.3 Å². The zero-order valence-corrected chi connectivity index (χ0v) is 25.2. The van der Waals surface area contributed by atoms with Crippen LogP contribution in [0.4, 0.5) is 11.4 Å². The lowest BCUT2D eigenvalue weighted by atomic mass is 9.99. The fourth-order valence-corrected chi connectivity index (χ4v) is 6.53. The summed E-state index contributed by atoms with van der Waals surface area (Å²) in [6.07, 6.45) is 8.62. The monoisotopic (exact) mass is 580 g/mol. The van der Waals surface area contributed by atoms with Crippen LogP contribution >= 0.6 is 18.7 Å². The molecule has 1 atom stereocenters. The van der Waals surface area contributed by atoms with Crippen LogP contribution in [0.5, 0.6) is 5.75 Å². The van der Waals surface area contributed by atoms with Crippen molar-refractivity contribution in [2.75, 3.05) is 43.7 Å². The Morgan fingerprint density at radius 2 is 2.00 bits per heavy atom. The molecule has 3 aromatic rings.